The van der Waals surface area contributed by atoms with E-state index < -0.39 is 0 Å². The smallest absolute Gasteiger partial charge is 0.0685 e. The predicted molar refractivity (Wildman–Crippen MR) is 78.1 cm³/mol. The molecule has 1 aromatic carbocycles. The molecule has 1 N–H and O–H groups in total. The second-order valence-corrected chi connectivity index (χ2v) is 6.85. The zero-order valence-electron chi connectivity index (χ0n) is 12.4. The maximum atomic E-state index is 5.86. The van der Waals surface area contributed by atoms with Crippen molar-refractivity contribution in [3.8, 4) is 0 Å². The average molecular weight is 259 g/mol. The van der Waals surface area contributed by atoms with Crippen LogP contribution < -0.4 is 5.32 Å². The first-order valence-corrected chi connectivity index (χ1v) is 7.44. The Morgan fingerprint density at radius 3 is 2.89 bits per heavy atom. The van der Waals surface area contributed by atoms with Crippen LogP contribution in [0, 0.1) is 18.3 Å². The van der Waals surface area contributed by atoms with Gasteiger partial charge < -0.3 is 10.1 Å². The lowest BCUT2D eigenvalue weighted by Gasteiger charge is -2.55. The third-order valence-corrected chi connectivity index (χ3v) is 5.07. The maximum absolute atomic E-state index is 5.86. The van der Waals surface area contributed by atoms with Gasteiger partial charge in [-0.05, 0) is 25.8 Å². The van der Waals surface area contributed by atoms with Crippen molar-refractivity contribution >= 4 is 0 Å². The lowest BCUT2D eigenvalue weighted by molar-refractivity contribution is -0.115. The van der Waals surface area contributed by atoms with E-state index in [4.69, 9.17) is 4.74 Å². The van der Waals surface area contributed by atoms with Crippen LogP contribution in [0.25, 0.3) is 0 Å². The summed E-state index contributed by atoms with van der Waals surface area (Å²) in [6.07, 6.45) is 1.68. The van der Waals surface area contributed by atoms with Crippen LogP contribution in [0.4, 0.5) is 0 Å². The largest absolute Gasteiger partial charge is 0.377 e. The molecule has 1 aliphatic carbocycles. The minimum Gasteiger partial charge on any atom is -0.377 e. The Morgan fingerprint density at radius 2 is 2.16 bits per heavy atom. The SMILES string of the molecule is Cc1cccc([C@H](C)NC2C3CCOC3C2(C)C)c1. The summed E-state index contributed by atoms with van der Waals surface area (Å²) in [7, 11) is 0. The van der Waals surface area contributed by atoms with E-state index in [1.165, 1.54) is 17.5 Å². The molecule has 1 heterocycles. The third kappa shape index (κ3) is 2.11. The van der Waals surface area contributed by atoms with E-state index in [0.717, 1.165) is 6.61 Å². The number of aryl methyl sites for hydroxylation is 1. The van der Waals surface area contributed by atoms with Crippen LogP contribution in [0.3, 0.4) is 0 Å². The summed E-state index contributed by atoms with van der Waals surface area (Å²) in [5, 5.41) is 3.84. The van der Waals surface area contributed by atoms with E-state index in [2.05, 4.69) is 57.3 Å². The van der Waals surface area contributed by atoms with Gasteiger partial charge in [0.25, 0.3) is 0 Å². The summed E-state index contributed by atoms with van der Waals surface area (Å²) >= 11 is 0. The van der Waals surface area contributed by atoms with Gasteiger partial charge in [0.15, 0.2) is 0 Å². The van der Waals surface area contributed by atoms with Crippen molar-refractivity contribution in [2.75, 3.05) is 6.61 Å². The molecule has 0 spiro atoms. The van der Waals surface area contributed by atoms with Crippen LogP contribution in [0.1, 0.15) is 44.4 Å². The fourth-order valence-electron chi connectivity index (χ4n) is 3.97. The van der Waals surface area contributed by atoms with Gasteiger partial charge in [-0.1, -0.05) is 43.7 Å². The highest BCUT2D eigenvalue weighted by atomic mass is 16.5. The van der Waals surface area contributed by atoms with Crippen molar-refractivity contribution in [1.29, 1.82) is 0 Å². The van der Waals surface area contributed by atoms with Crippen molar-refractivity contribution in [1.82, 2.24) is 5.32 Å². The molecular formula is C17H25NO. The third-order valence-electron chi connectivity index (χ3n) is 5.07. The fourth-order valence-corrected chi connectivity index (χ4v) is 3.97. The van der Waals surface area contributed by atoms with Gasteiger partial charge in [0.1, 0.15) is 0 Å². The molecule has 4 atom stereocenters. The van der Waals surface area contributed by atoms with Crippen LogP contribution in [0.5, 0.6) is 0 Å². The summed E-state index contributed by atoms with van der Waals surface area (Å²) in [5.74, 6) is 0.710. The van der Waals surface area contributed by atoms with Gasteiger partial charge in [0.05, 0.1) is 6.10 Å². The molecule has 1 saturated heterocycles. The summed E-state index contributed by atoms with van der Waals surface area (Å²) in [5.41, 5.74) is 2.98. The Kier molecular flexibility index (Phi) is 3.18. The van der Waals surface area contributed by atoms with E-state index in [1.807, 2.05) is 0 Å². The summed E-state index contributed by atoms with van der Waals surface area (Å²) in [6, 6.07) is 9.80. The zero-order valence-corrected chi connectivity index (χ0v) is 12.4. The molecule has 0 radical (unpaired) electrons. The molecule has 104 valence electrons. The number of nitrogens with one attached hydrogen (secondary N) is 1. The molecular weight excluding hydrogens is 234 g/mol. The zero-order chi connectivity index (χ0) is 13.6. The van der Waals surface area contributed by atoms with Crippen molar-refractivity contribution in [2.45, 2.75) is 52.3 Å². The first-order valence-electron chi connectivity index (χ1n) is 7.44. The van der Waals surface area contributed by atoms with Crippen LogP contribution in [0.15, 0.2) is 24.3 Å². The van der Waals surface area contributed by atoms with Crippen molar-refractivity contribution in [3.05, 3.63) is 35.4 Å². The van der Waals surface area contributed by atoms with Gasteiger partial charge in [0.2, 0.25) is 0 Å². The lowest BCUT2D eigenvalue weighted by atomic mass is 9.57. The molecule has 2 aliphatic rings. The number of benzene rings is 1. The van der Waals surface area contributed by atoms with Gasteiger partial charge >= 0.3 is 0 Å². The highest BCUT2D eigenvalue weighted by Gasteiger charge is 2.59. The van der Waals surface area contributed by atoms with E-state index in [9.17, 15) is 0 Å². The van der Waals surface area contributed by atoms with E-state index >= 15 is 0 Å². The molecule has 0 amide bonds. The van der Waals surface area contributed by atoms with E-state index in [1.54, 1.807) is 0 Å². The highest BCUT2D eigenvalue weighted by Crippen LogP contribution is 2.52. The molecule has 1 saturated carbocycles. The molecule has 1 aromatic rings. The van der Waals surface area contributed by atoms with Gasteiger partial charge in [-0.15, -0.1) is 0 Å². The first kappa shape index (κ1) is 13.1. The Hall–Kier alpha value is -0.860. The van der Waals surface area contributed by atoms with E-state index in [0.29, 0.717) is 24.1 Å². The Morgan fingerprint density at radius 1 is 1.37 bits per heavy atom. The Balaban J connectivity index is 1.71. The summed E-state index contributed by atoms with van der Waals surface area (Å²) in [4.78, 5) is 0. The minimum atomic E-state index is 0.263. The predicted octanol–water partition coefficient (Wildman–Crippen LogP) is 3.46. The van der Waals surface area contributed by atoms with Crippen LogP contribution in [-0.2, 0) is 4.74 Å². The van der Waals surface area contributed by atoms with Gasteiger partial charge in [-0.3, -0.25) is 0 Å². The average Bonchev–Trinajstić information content (AvgIpc) is 2.82. The van der Waals surface area contributed by atoms with Crippen molar-refractivity contribution < 1.29 is 4.74 Å². The number of rotatable bonds is 3. The van der Waals surface area contributed by atoms with Gasteiger partial charge in [0, 0.05) is 30.0 Å². The fraction of sp³-hybridized carbons (Fsp3) is 0.647. The van der Waals surface area contributed by atoms with Crippen molar-refractivity contribution in [3.63, 3.8) is 0 Å². The lowest BCUT2D eigenvalue weighted by Crippen LogP contribution is -2.66. The molecule has 0 bridgehead atoms. The summed E-state index contributed by atoms with van der Waals surface area (Å²) < 4.78 is 5.86. The van der Waals surface area contributed by atoms with Crippen LogP contribution >= 0.6 is 0 Å². The molecule has 2 heteroatoms. The molecule has 3 unspecified atom stereocenters. The van der Waals surface area contributed by atoms with Gasteiger partial charge in [-0.2, -0.15) is 0 Å². The van der Waals surface area contributed by atoms with Crippen LogP contribution in [-0.4, -0.2) is 18.8 Å². The molecule has 1 aliphatic heterocycles. The standard InChI is InChI=1S/C17H25NO/c1-11-6-5-7-13(10-11)12(2)18-15-14-8-9-19-16(14)17(15,3)4/h5-7,10,12,14-16,18H,8-9H2,1-4H3/t12-,14?,15?,16?/m0/s1. The monoisotopic (exact) mass is 259 g/mol. The second kappa shape index (κ2) is 4.60. The number of ether oxygens (including phenoxy) is 1. The second-order valence-electron chi connectivity index (χ2n) is 6.85. The summed E-state index contributed by atoms with van der Waals surface area (Å²) in [6.45, 7) is 10.0. The highest BCUT2D eigenvalue weighted by molar-refractivity contribution is 5.25. The molecule has 19 heavy (non-hydrogen) atoms. The Labute approximate surface area is 116 Å². The Bertz CT molecular complexity index is 468. The van der Waals surface area contributed by atoms with E-state index in [-0.39, 0.29) is 5.41 Å². The van der Waals surface area contributed by atoms with Gasteiger partial charge in [-0.25, -0.2) is 0 Å². The molecule has 0 aromatic heterocycles. The number of fused-ring (bicyclic) bond motifs is 1. The number of hydrogen-bond acceptors (Lipinski definition) is 2. The first-order chi connectivity index (χ1) is 9.00. The topological polar surface area (TPSA) is 21.3 Å². The molecule has 2 fully saturated rings. The molecule has 3 rings (SSSR count). The quantitative estimate of drug-likeness (QED) is 0.897. The number of hydrogen-bond donors (Lipinski definition) is 1. The maximum Gasteiger partial charge on any atom is 0.0685 e. The normalized spacial score (nSPS) is 33.6. The molecule has 2 nitrogen and oxygen atoms in total. The minimum absolute atomic E-state index is 0.263. The van der Waals surface area contributed by atoms with Crippen LogP contribution in [0.2, 0.25) is 0 Å². The van der Waals surface area contributed by atoms with Crippen molar-refractivity contribution in [2.24, 2.45) is 11.3 Å².